The Morgan fingerprint density at radius 2 is 1.07 bits per heavy atom. The van der Waals surface area contributed by atoms with E-state index in [4.69, 9.17) is 18.8 Å². The Bertz CT molecular complexity index is 2880. The summed E-state index contributed by atoms with van der Waals surface area (Å²) in [7, 11) is 0. The Morgan fingerprint density at radius 1 is 0.491 bits per heavy atom. The molecule has 0 radical (unpaired) electrons. The molecule has 2 aliphatic rings. The first kappa shape index (κ1) is 32.4. The number of furan rings is 2. The lowest BCUT2D eigenvalue weighted by Crippen LogP contribution is -2.42. The lowest BCUT2D eigenvalue weighted by atomic mass is 9.54. The molecule has 3 heterocycles. The molecule has 9 aromatic rings. The largest absolute Gasteiger partial charge is 0.456 e. The summed E-state index contributed by atoms with van der Waals surface area (Å²) in [5.74, 6) is 3.14. The highest BCUT2D eigenvalue weighted by molar-refractivity contribution is 6.12. The molecule has 2 fully saturated rings. The number of hydrogen-bond donors (Lipinski definition) is 0. The third kappa shape index (κ3) is 5.49. The second-order valence-electron chi connectivity index (χ2n) is 16.6. The minimum atomic E-state index is 0.340. The zero-order chi connectivity index (χ0) is 36.7. The molecular formula is C51H42N2O2. The number of nitrogens with zero attached hydrogens (tertiary/aromatic N) is 2. The first-order valence-electron chi connectivity index (χ1n) is 19.9. The Balaban J connectivity index is 0.995. The first-order valence-corrected chi connectivity index (χ1v) is 19.9. The SMILES string of the molecule is CC1CC2CC(C)CC(c3ccc(-c4ccc(-c5cc(-c6cccc7oc8ccccc8c67)nc(-c6ccc7c(c6)oc6ccccc67)n5)cc4)cc3)(C1)C2. The second-order valence-corrected chi connectivity index (χ2v) is 16.6. The lowest BCUT2D eigenvalue weighted by Gasteiger charge is -2.50. The van der Waals surface area contributed by atoms with E-state index < -0.39 is 0 Å². The van der Waals surface area contributed by atoms with Crippen LogP contribution in [0.5, 0.6) is 0 Å². The Morgan fingerprint density at radius 3 is 1.84 bits per heavy atom. The highest BCUT2D eigenvalue weighted by Gasteiger charge is 2.45. The summed E-state index contributed by atoms with van der Waals surface area (Å²) in [4.78, 5) is 10.5. The van der Waals surface area contributed by atoms with Gasteiger partial charge in [-0.1, -0.05) is 117 Å². The molecule has 6 aromatic carbocycles. The average molecular weight is 715 g/mol. The van der Waals surface area contributed by atoms with Gasteiger partial charge in [0.15, 0.2) is 5.82 Å². The van der Waals surface area contributed by atoms with E-state index in [1.165, 1.54) is 43.2 Å². The van der Waals surface area contributed by atoms with Gasteiger partial charge in [-0.2, -0.15) is 0 Å². The van der Waals surface area contributed by atoms with E-state index in [2.05, 4.69) is 111 Å². The van der Waals surface area contributed by atoms with Crippen molar-refractivity contribution in [3.63, 3.8) is 0 Å². The Kier molecular flexibility index (Phi) is 7.39. The van der Waals surface area contributed by atoms with Crippen LogP contribution in [0.1, 0.15) is 51.5 Å². The maximum absolute atomic E-state index is 6.30. The number of para-hydroxylation sites is 2. The molecule has 3 aromatic heterocycles. The van der Waals surface area contributed by atoms with Crippen LogP contribution in [-0.4, -0.2) is 9.97 Å². The normalized spacial score (nSPS) is 21.2. The maximum Gasteiger partial charge on any atom is 0.160 e. The van der Waals surface area contributed by atoms with Gasteiger partial charge in [0, 0.05) is 38.2 Å². The summed E-state index contributed by atoms with van der Waals surface area (Å²) in [6, 6.07) is 49.4. The van der Waals surface area contributed by atoms with Crippen LogP contribution in [0, 0.1) is 17.8 Å². The van der Waals surface area contributed by atoms with Gasteiger partial charge in [-0.15, -0.1) is 0 Å². The smallest absolute Gasteiger partial charge is 0.160 e. The van der Waals surface area contributed by atoms with E-state index >= 15 is 0 Å². The fourth-order valence-electron chi connectivity index (χ4n) is 10.6. The van der Waals surface area contributed by atoms with Gasteiger partial charge in [0.25, 0.3) is 0 Å². The van der Waals surface area contributed by atoms with E-state index in [0.29, 0.717) is 11.2 Å². The molecule has 2 saturated carbocycles. The summed E-state index contributed by atoms with van der Waals surface area (Å²) >= 11 is 0. The highest BCUT2D eigenvalue weighted by Crippen LogP contribution is 2.54. The van der Waals surface area contributed by atoms with Crippen LogP contribution >= 0.6 is 0 Å². The van der Waals surface area contributed by atoms with Gasteiger partial charge in [0.1, 0.15) is 22.3 Å². The predicted molar refractivity (Wildman–Crippen MR) is 225 cm³/mol. The summed E-state index contributed by atoms with van der Waals surface area (Å²) in [5.41, 5.74) is 12.4. The van der Waals surface area contributed by atoms with Crippen LogP contribution in [0.15, 0.2) is 148 Å². The Labute approximate surface area is 320 Å². The van der Waals surface area contributed by atoms with Gasteiger partial charge in [0.05, 0.1) is 11.4 Å². The van der Waals surface area contributed by atoms with Gasteiger partial charge in [0.2, 0.25) is 0 Å². The van der Waals surface area contributed by atoms with Gasteiger partial charge >= 0.3 is 0 Å². The van der Waals surface area contributed by atoms with Crippen molar-refractivity contribution in [2.45, 2.75) is 51.4 Å². The van der Waals surface area contributed by atoms with Gasteiger partial charge in [-0.05, 0) is 108 Å². The molecule has 11 rings (SSSR count). The third-order valence-corrected chi connectivity index (χ3v) is 12.7. The second kappa shape index (κ2) is 12.5. The van der Waals surface area contributed by atoms with Crippen LogP contribution < -0.4 is 0 Å². The number of fused-ring (bicyclic) bond motifs is 8. The van der Waals surface area contributed by atoms with Crippen molar-refractivity contribution >= 4 is 43.9 Å². The quantitative estimate of drug-likeness (QED) is 0.178. The van der Waals surface area contributed by atoms with Crippen molar-refractivity contribution in [1.82, 2.24) is 9.97 Å². The average Bonchev–Trinajstić information content (AvgIpc) is 3.78. The van der Waals surface area contributed by atoms with Crippen molar-refractivity contribution in [2.75, 3.05) is 0 Å². The molecule has 0 saturated heterocycles. The summed E-state index contributed by atoms with van der Waals surface area (Å²) in [6.45, 7) is 4.94. The van der Waals surface area contributed by atoms with Crippen LogP contribution in [-0.2, 0) is 5.41 Å². The molecule has 2 aliphatic carbocycles. The van der Waals surface area contributed by atoms with Crippen molar-refractivity contribution in [3.05, 3.63) is 145 Å². The molecule has 0 aliphatic heterocycles. The first-order chi connectivity index (χ1) is 27.0. The van der Waals surface area contributed by atoms with E-state index in [0.717, 1.165) is 89.7 Å². The van der Waals surface area contributed by atoms with Crippen molar-refractivity contribution in [1.29, 1.82) is 0 Å². The molecule has 2 unspecified atom stereocenters. The van der Waals surface area contributed by atoms with E-state index in [9.17, 15) is 0 Å². The monoisotopic (exact) mass is 714 g/mol. The minimum Gasteiger partial charge on any atom is -0.456 e. The van der Waals surface area contributed by atoms with Gasteiger partial charge in [-0.3, -0.25) is 0 Å². The fraction of sp³-hybridized carbons (Fsp3) is 0.216. The fourth-order valence-corrected chi connectivity index (χ4v) is 10.6. The number of rotatable bonds is 5. The summed E-state index contributed by atoms with van der Waals surface area (Å²) in [6.07, 6.45) is 6.80. The molecule has 4 nitrogen and oxygen atoms in total. The molecule has 0 spiro atoms. The van der Waals surface area contributed by atoms with Crippen molar-refractivity contribution < 1.29 is 8.83 Å². The van der Waals surface area contributed by atoms with Crippen LogP contribution in [0.3, 0.4) is 0 Å². The van der Waals surface area contributed by atoms with Crippen molar-refractivity contribution in [3.8, 4) is 45.0 Å². The zero-order valence-electron chi connectivity index (χ0n) is 31.3. The highest BCUT2D eigenvalue weighted by atomic mass is 16.3. The predicted octanol–water partition coefficient (Wildman–Crippen LogP) is 14.0. The number of benzene rings is 6. The van der Waals surface area contributed by atoms with Gasteiger partial charge < -0.3 is 8.83 Å². The molecular weight excluding hydrogens is 673 g/mol. The third-order valence-electron chi connectivity index (χ3n) is 12.7. The minimum absolute atomic E-state index is 0.340. The standard InChI is InChI=1S/C51H42N2O2/c1-31-24-33-25-32(2)29-51(28-31,30-33)38-21-18-35(19-22-38)34-14-16-36(17-15-34)43-27-44(41-10-7-13-47-49(41)42-9-4-6-12-46(42)54-47)53-50(52-43)37-20-23-40-39-8-3-5-11-45(39)55-48(40)26-37/h3-23,26-27,31-33H,24-25,28-30H2,1-2H3. The van der Waals surface area contributed by atoms with Gasteiger partial charge in [-0.25, -0.2) is 9.97 Å². The molecule has 268 valence electrons. The molecule has 0 amide bonds. The maximum atomic E-state index is 6.30. The van der Waals surface area contributed by atoms with Crippen LogP contribution in [0.25, 0.3) is 88.9 Å². The topological polar surface area (TPSA) is 52.1 Å². The summed E-state index contributed by atoms with van der Waals surface area (Å²) < 4.78 is 12.6. The lowest BCUT2D eigenvalue weighted by molar-refractivity contribution is 0.0780. The van der Waals surface area contributed by atoms with E-state index in [1.54, 1.807) is 5.56 Å². The zero-order valence-corrected chi connectivity index (χ0v) is 31.3. The number of aromatic nitrogens is 2. The van der Waals surface area contributed by atoms with E-state index in [1.807, 2.05) is 42.5 Å². The number of hydrogen-bond acceptors (Lipinski definition) is 4. The Hall–Kier alpha value is -6.00. The van der Waals surface area contributed by atoms with Crippen molar-refractivity contribution in [2.24, 2.45) is 17.8 Å². The van der Waals surface area contributed by atoms with E-state index in [-0.39, 0.29) is 0 Å². The summed E-state index contributed by atoms with van der Waals surface area (Å²) in [5, 5.41) is 4.32. The molecule has 2 atom stereocenters. The van der Waals surface area contributed by atoms with Crippen LogP contribution in [0.2, 0.25) is 0 Å². The molecule has 4 heteroatoms. The molecule has 2 bridgehead atoms. The van der Waals surface area contributed by atoms with Crippen LogP contribution in [0.4, 0.5) is 0 Å². The molecule has 0 N–H and O–H groups in total. The molecule has 55 heavy (non-hydrogen) atoms.